The molecule has 1 amide bonds. The molecule has 3 heterocycles. The molecular formula is C26H18F3N5O3. The standard InChI is InChI=1S/C26H18F3N5O3/c27-26(28,29)22-10-8-17(37-22)14-36-16-7-9-21-19(12-16)25(33-20-6-2-1-5-18(20)23(30)35)34-24(32-21)15-4-3-11-31-13-15/h1-13H,14H2,(H2,30,35)(H,32,33,34). The van der Waals surface area contributed by atoms with Crippen LogP contribution in [-0.2, 0) is 12.8 Å². The van der Waals surface area contributed by atoms with Crippen LogP contribution in [0, 0.1) is 0 Å². The first kappa shape index (κ1) is 23.8. The lowest BCUT2D eigenvalue weighted by atomic mass is 10.1. The fourth-order valence-electron chi connectivity index (χ4n) is 3.61. The third-order valence-corrected chi connectivity index (χ3v) is 5.35. The lowest BCUT2D eigenvalue weighted by Crippen LogP contribution is -2.13. The number of nitrogens with two attached hydrogens (primary N) is 1. The monoisotopic (exact) mass is 505 g/mol. The number of carbonyl (C=O) groups is 1. The van der Waals surface area contributed by atoms with Crippen molar-refractivity contribution in [1.82, 2.24) is 15.0 Å². The van der Waals surface area contributed by atoms with Crippen molar-refractivity contribution in [2.45, 2.75) is 12.8 Å². The highest BCUT2D eigenvalue weighted by atomic mass is 19.4. The number of ether oxygens (including phenoxy) is 1. The second-order valence-corrected chi connectivity index (χ2v) is 7.90. The molecule has 0 aliphatic carbocycles. The zero-order chi connectivity index (χ0) is 26.0. The minimum Gasteiger partial charge on any atom is -0.486 e. The number of alkyl halides is 3. The second-order valence-electron chi connectivity index (χ2n) is 7.90. The van der Waals surface area contributed by atoms with E-state index in [4.69, 9.17) is 14.9 Å². The van der Waals surface area contributed by atoms with E-state index in [0.717, 1.165) is 6.07 Å². The topological polar surface area (TPSA) is 116 Å². The average molecular weight is 505 g/mol. The van der Waals surface area contributed by atoms with Gasteiger partial charge in [0.1, 0.15) is 23.9 Å². The third-order valence-electron chi connectivity index (χ3n) is 5.35. The highest BCUT2D eigenvalue weighted by Gasteiger charge is 2.34. The van der Waals surface area contributed by atoms with E-state index in [9.17, 15) is 18.0 Å². The van der Waals surface area contributed by atoms with Crippen LogP contribution in [0.1, 0.15) is 21.9 Å². The van der Waals surface area contributed by atoms with Crippen LogP contribution in [0.25, 0.3) is 22.3 Å². The maximum absolute atomic E-state index is 12.8. The molecule has 0 unspecified atom stereocenters. The van der Waals surface area contributed by atoms with Gasteiger partial charge in [-0.15, -0.1) is 0 Å². The molecule has 0 aliphatic heterocycles. The van der Waals surface area contributed by atoms with E-state index in [1.165, 1.54) is 6.07 Å². The molecule has 11 heteroatoms. The Morgan fingerprint density at radius 3 is 2.59 bits per heavy atom. The van der Waals surface area contributed by atoms with Crippen LogP contribution in [0.2, 0.25) is 0 Å². The molecule has 186 valence electrons. The lowest BCUT2D eigenvalue weighted by molar-refractivity contribution is -0.153. The number of amides is 1. The van der Waals surface area contributed by atoms with Gasteiger partial charge in [-0.25, -0.2) is 9.97 Å². The first-order valence-corrected chi connectivity index (χ1v) is 10.9. The van der Waals surface area contributed by atoms with Crippen molar-refractivity contribution in [3.05, 3.63) is 96.2 Å². The number of anilines is 2. The number of para-hydroxylation sites is 1. The van der Waals surface area contributed by atoms with E-state index in [1.807, 2.05) is 6.07 Å². The number of furan rings is 1. The molecule has 5 rings (SSSR count). The van der Waals surface area contributed by atoms with Gasteiger partial charge < -0.3 is 20.2 Å². The zero-order valence-corrected chi connectivity index (χ0v) is 19.0. The summed E-state index contributed by atoms with van der Waals surface area (Å²) in [4.78, 5) is 25.3. The molecule has 5 aromatic rings. The highest BCUT2D eigenvalue weighted by Crippen LogP contribution is 2.33. The van der Waals surface area contributed by atoms with Gasteiger partial charge in [0, 0.05) is 23.3 Å². The third kappa shape index (κ3) is 5.20. The predicted molar refractivity (Wildman–Crippen MR) is 129 cm³/mol. The van der Waals surface area contributed by atoms with Gasteiger partial charge in [0.25, 0.3) is 5.91 Å². The van der Waals surface area contributed by atoms with E-state index >= 15 is 0 Å². The van der Waals surface area contributed by atoms with Gasteiger partial charge in [-0.1, -0.05) is 12.1 Å². The molecule has 0 bridgehead atoms. The molecular weight excluding hydrogens is 487 g/mol. The smallest absolute Gasteiger partial charge is 0.449 e. The largest absolute Gasteiger partial charge is 0.486 e. The summed E-state index contributed by atoms with van der Waals surface area (Å²) in [6.07, 6.45) is -1.32. The normalized spacial score (nSPS) is 11.4. The van der Waals surface area contributed by atoms with Gasteiger partial charge in [0.05, 0.1) is 16.8 Å². The van der Waals surface area contributed by atoms with Crippen LogP contribution in [0.5, 0.6) is 5.75 Å². The molecule has 3 N–H and O–H groups in total. The predicted octanol–water partition coefficient (Wildman–Crippen LogP) is 5.73. The zero-order valence-electron chi connectivity index (χ0n) is 19.0. The number of nitrogens with zero attached hydrogens (tertiary/aromatic N) is 3. The van der Waals surface area contributed by atoms with Crippen molar-refractivity contribution in [2.24, 2.45) is 5.73 Å². The summed E-state index contributed by atoms with van der Waals surface area (Å²) in [6, 6.07) is 17.3. The number of hydrogen-bond donors (Lipinski definition) is 2. The second kappa shape index (κ2) is 9.61. The van der Waals surface area contributed by atoms with Crippen LogP contribution in [0.15, 0.2) is 83.5 Å². The van der Waals surface area contributed by atoms with Gasteiger partial charge >= 0.3 is 6.18 Å². The Bertz CT molecular complexity index is 1590. The fraction of sp³-hybridized carbons (Fsp3) is 0.0769. The molecule has 2 aromatic carbocycles. The van der Waals surface area contributed by atoms with Crippen LogP contribution < -0.4 is 15.8 Å². The van der Waals surface area contributed by atoms with Crippen molar-refractivity contribution in [3.8, 4) is 17.1 Å². The number of rotatable bonds is 7. The van der Waals surface area contributed by atoms with Crippen LogP contribution in [0.3, 0.4) is 0 Å². The summed E-state index contributed by atoms with van der Waals surface area (Å²) in [5.41, 5.74) is 7.46. The number of benzene rings is 2. The Morgan fingerprint density at radius 1 is 1.03 bits per heavy atom. The van der Waals surface area contributed by atoms with Gasteiger partial charge in [-0.05, 0) is 54.6 Å². The van der Waals surface area contributed by atoms with Gasteiger partial charge in [-0.2, -0.15) is 13.2 Å². The number of nitrogens with one attached hydrogen (secondary N) is 1. The number of halogens is 3. The minimum atomic E-state index is -4.58. The number of pyridine rings is 1. The Morgan fingerprint density at radius 2 is 1.86 bits per heavy atom. The first-order valence-electron chi connectivity index (χ1n) is 10.9. The minimum absolute atomic E-state index is 0.0179. The van der Waals surface area contributed by atoms with E-state index in [2.05, 4.69) is 20.3 Å². The Labute approximate surface area is 207 Å². The van der Waals surface area contributed by atoms with E-state index in [-0.39, 0.29) is 17.9 Å². The SMILES string of the molecule is NC(=O)c1ccccc1Nc1nc(-c2cccnc2)nc2ccc(OCc3ccc(C(F)(F)F)o3)cc12. The van der Waals surface area contributed by atoms with Crippen molar-refractivity contribution in [3.63, 3.8) is 0 Å². The first-order chi connectivity index (χ1) is 17.8. The summed E-state index contributed by atoms with van der Waals surface area (Å²) >= 11 is 0. The van der Waals surface area contributed by atoms with Gasteiger partial charge in [0.15, 0.2) is 5.82 Å². The molecule has 0 fully saturated rings. The molecule has 0 saturated heterocycles. The molecule has 0 aliphatic rings. The summed E-state index contributed by atoms with van der Waals surface area (Å²) in [6.45, 7) is -0.219. The summed E-state index contributed by atoms with van der Waals surface area (Å²) in [5.74, 6) is -0.593. The molecule has 0 spiro atoms. The summed E-state index contributed by atoms with van der Waals surface area (Å²) in [5, 5.41) is 3.70. The van der Waals surface area contributed by atoms with Crippen LogP contribution in [-0.4, -0.2) is 20.9 Å². The molecule has 0 radical (unpaired) electrons. The number of aromatic nitrogens is 3. The molecule has 37 heavy (non-hydrogen) atoms. The van der Waals surface area contributed by atoms with Crippen LogP contribution in [0.4, 0.5) is 24.7 Å². The Hall–Kier alpha value is -4.93. The van der Waals surface area contributed by atoms with E-state index in [0.29, 0.717) is 39.5 Å². The Balaban J connectivity index is 1.52. The van der Waals surface area contributed by atoms with E-state index < -0.39 is 17.8 Å². The molecule has 0 saturated carbocycles. The van der Waals surface area contributed by atoms with E-state index in [1.54, 1.807) is 60.9 Å². The number of carbonyl (C=O) groups excluding carboxylic acids is 1. The van der Waals surface area contributed by atoms with Crippen LogP contribution >= 0.6 is 0 Å². The van der Waals surface area contributed by atoms with Gasteiger partial charge in [0.2, 0.25) is 5.76 Å². The maximum Gasteiger partial charge on any atom is 0.449 e. The van der Waals surface area contributed by atoms with Gasteiger partial charge in [-0.3, -0.25) is 9.78 Å². The Kier molecular flexibility index (Phi) is 6.18. The summed E-state index contributed by atoms with van der Waals surface area (Å²) in [7, 11) is 0. The quantitative estimate of drug-likeness (QED) is 0.290. The van der Waals surface area contributed by atoms with Crippen molar-refractivity contribution < 1.29 is 27.1 Å². The lowest BCUT2D eigenvalue weighted by Gasteiger charge is -2.14. The highest BCUT2D eigenvalue weighted by molar-refractivity contribution is 6.01. The molecule has 0 atom stereocenters. The van der Waals surface area contributed by atoms with Crippen molar-refractivity contribution in [2.75, 3.05) is 5.32 Å². The number of fused-ring (bicyclic) bond motifs is 1. The molecule has 8 nitrogen and oxygen atoms in total. The number of hydrogen-bond acceptors (Lipinski definition) is 7. The average Bonchev–Trinajstić information content (AvgIpc) is 3.38. The summed E-state index contributed by atoms with van der Waals surface area (Å²) < 4.78 is 48.9. The van der Waals surface area contributed by atoms with Crippen molar-refractivity contribution in [1.29, 1.82) is 0 Å². The number of primary amides is 1. The molecule has 3 aromatic heterocycles. The maximum atomic E-state index is 12.8. The fourth-order valence-corrected chi connectivity index (χ4v) is 3.61. The van der Waals surface area contributed by atoms with Crippen molar-refractivity contribution >= 4 is 28.3 Å².